The Hall–Kier alpha value is -2.23. The second kappa shape index (κ2) is 6.64. The first-order chi connectivity index (χ1) is 9.29. The number of nitrogens with two attached hydrogens (primary N) is 1. The molecule has 0 saturated heterocycles. The fourth-order valence-corrected chi connectivity index (χ4v) is 1.77. The van der Waals surface area contributed by atoms with Crippen LogP contribution in [0.5, 0.6) is 11.5 Å². The number of rotatable bonds is 6. The van der Waals surface area contributed by atoms with Gasteiger partial charge in [0.2, 0.25) is 0 Å². The number of aryl methyl sites for hydroxylation is 1. The van der Waals surface area contributed by atoms with Crippen LogP contribution in [-0.4, -0.2) is 18.7 Å². The van der Waals surface area contributed by atoms with Crippen LogP contribution in [0.15, 0.2) is 42.7 Å². The number of methoxy groups -OCH3 is 1. The quantitative estimate of drug-likeness (QED) is 0.639. The van der Waals surface area contributed by atoms with Gasteiger partial charge in [0.05, 0.1) is 19.4 Å². The highest BCUT2D eigenvalue weighted by Gasteiger charge is 2.02. The monoisotopic (exact) mass is 258 g/mol. The van der Waals surface area contributed by atoms with E-state index in [4.69, 9.17) is 15.2 Å². The number of benzene rings is 1. The zero-order chi connectivity index (χ0) is 13.5. The molecule has 4 heteroatoms. The van der Waals surface area contributed by atoms with Crippen molar-refractivity contribution >= 4 is 5.69 Å². The highest BCUT2D eigenvalue weighted by Crippen LogP contribution is 2.26. The molecule has 0 aliphatic rings. The van der Waals surface area contributed by atoms with E-state index in [1.807, 2.05) is 24.3 Å². The zero-order valence-corrected chi connectivity index (χ0v) is 11.0. The minimum Gasteiger partial charge on any atom is -0.497 e. The molecule has 0 aliphatic heterocycles. The highest BCUT2D eigenvalue weighted by atomic mass is 16.5. The fourth-order valence-electron chi connectivity index (χ4n) is 1.77. The van der Waals surface area contributed by atoms with E-state index in [1.165, 1.54) is 5.56 Å². The standard InChI is InChI=1S/C15H18N2O2/c1-18-13-4-5-14(16)15(11-13)19-10-2-3-12-6-8-17-9-7-12/h4-9,11H,2-3,10,16H2,1H3. The molecule has 19 heavy (non-hydrogen) atoms. The van der Waals surface area contributed by atoms with Gasteiger partial charge in [-0.1, -0.05) is 0 Å². The summed E-state index contributed by atoms with van der Waals surface area (Å²) >= 11 is 0. The van der Waals surface area contributed by atoms with Crippen LogP contribution >= 0.6 is 0 Å². The first-order valence-corrected chi connectivity index (χ1v) is 6.25. The number of nitrogens with zero attached hydrogens (tertiary/aromatic N) is 1. The predicted octanol–water partition coefficient (Wildman–Crippen LogP) is 2.68. The summed E-state index contributed by atoms with van der Waals surface area (Å²) < 4.78 is 10.8. The Labute approximate surface area is 113 Å². The van der Waals surface area contributed by atoms with E-state index in [1.54, 1.807) is 25.6 Å². The Morgan fingerprint density at radius 1 is 1.16 bits per heavy atom. The normalized spacial score (nSPS) is 10.2. The van der Waals surface area contributed by atoms with Gasteiger partial charge >= 0.3 is 0 Å². The lowest BCUT2D eigenvalue weighted by atomic mass is 10.1. The molecule has 2 N–H and O–H groups in total. The van der Waals surface area contributed by atoms with Gasteiger partial charge in [0.25, 0.3) is 0 Å². The molecule has 0 unspecified atom stereocenters. The van der Waals surface area contributed by atoms with Gasteiger partial charge in [0, 0.05) is 18.5 Å². The van der Waals surface area contributed by atoms with Crippen molar-refractivity contribution in [3.63, 3.8) is 0 Å². The van der Waals surface area contributed by atoms with E-state index in [0.717, 1.165) is 18.6 Å². The predicted molar refractivity (Wildman–Crippen MR) is 75.5 cm³/mol. The molecule has 2 rings (SSSR count). The van der Waals surface area contributed by atoms with Crippen molar-refractivity contribution in [1.29, 1.82) is 0 Å². The van der Waals surface area contributed by atoms with Crippen LogP contribution in [0.1, 0.15) is 12.0 Å². The number of pyridine rings is 1. The third-order valence-corrected chi connectivity index (χ3v) is 2.84. The lowest BCUT2D eigenvalue weighted by molar-refractivity contribution is 0.310. The largest absolute Gasteiger partial charge is 0.497 e. The van der Waals surface area contributed by atoms with E-state index in [0.29, 0.717) is 18.0 Å². The number of anilines is 1. The highest BCUT2D eigenvalue weighted by molar-refractivity contribution is 5.55. The van der Waals surface area contributed by atoms with Crippen LogP contribution in [0.3, 0.4) is 0 Å². The molecule has 0 fully saturated rings. The second-order valence-corrected chi connectivity index (χ2v) is 4.21. The SMILES string of the molecule is COc1ccc(N)c(OCCCc2ccncc2)c1. The van der Waals surface area contributed by atoms with Gasteiger partial charge in [-0.3, -0.25) is 4.98 Å². The molecule has 100 valence electrons. The Bertz CT molecular complexity index is 515. The summed E-state index contributed by atoms with van der Waals surface area (Å²) in [6, 6.07) is 9.44. The van der Waals surface area contributed by atoms with E-state index in [9.17, 15) is 0 Å². The van der Waals surface area contributed by atoms with Crippen LogP contribution < -0.4 is 15.2 Å². The molecule has 0 saturated carbocycles. The summed E-state index contributed by atoms with van der Waals surface area (Å²) in [6.45, 7) is 0.625. The minimum absolute atomic E-state index is 0.625. The number of nitrogen functional groups attached to an aromatic ring is 1. The maximum absolute atomic E-state index is 5.85. The molecular formula is C15H18N2O2. The average molecular weight is 258 g/mol. The zero-order valence-electron chi connectivity index (χ0n) is 11.0. The summed E-state index contributed by atoms with van der Waals surface area (Å²) in [5.74, 6) is 1.42. The summed E-state index contributed by atoms with van der Waals surface area (Å²) in [7, 11) is 1.62. The molecule has 1 aromatic carbocycles. The smallest absolute Gasteiger partial charge is 0.145 e. The fraction of sp³-hybridized carbons (Fsp3) is 0.267. The second-order valence-electron chi connectivity index (χ2n) is 4.21. The molecule has 0 amide bonds. The van der Waals surface area contributed by atoms with E-state index in [2.05, 4.69) is 4.98 Å². The van der Waals surface area contributed by atoms with Crippen LogP contribution in [0.2, 0.25) is 0 Å². The van der Waals surface area contributed by atoms with Gasteiger partial charge in [-0.05, 0) is 42.7 Å². The summed E-state index contributed by atoms with van der Waals surface area (Å²) in [5.41, 5.74) is 7.74. The van der Waals surface area contributed by atoms with Gasteiger partial charge in [0.1, 0.15) is 11.5 Å². The van der Waals surface area contributed by atoms with E-state index >= 15 is 0 Å². The van der Waals surface area contributed by atoms with Crippen molar-refractivity contribution in [3.8, 4) is 11.5 Å². The summed E-state index contributed by atoms with van der Waals surface area (Å²) in [6.07, 6.45) is 5.50. The lowest BCUT2D eigenvalue weighted by Crippen LogP contribution is -2.02. The molecule has 4 nitrogen and oxygen atoms in total. The molecule has 1 aromatic heterocycles. The van der Waals surface area contributed by atoms with E-state index in [-0.39, 0.29) is 0 Å². The Kier molecular flexibility index (Phi) is 4.61. The molecule has 1 heterocycles. The number of ether oxygens (including phenoxy) is 2. The molecule has 0 atom stereocenters. The molecule has 0 bridgehead atoms. The average Bonchev–Trinajstić information content (AvgIpc) is 2.46. The van der Waals surface area contributed by atoms with Crippen LogP contribution in [0.4, 0.5) is 5.69 Å². The van der Waals surface area contributed by atoms with Crippen molar-refractivity contribution in [2.24, 2.45) is 0 Å². The Morgan fingerprint density at radius 3 is 2.68 bits per heavy atom. The molecular weight excluding hydrogens is 240 g/mol. The molecule has 2 aromatic rings. The van der Waals surface area contributed by atoms with Crippen molar-refractivity contribution < 1.29 is 9.47 Å². The molecule has 0 radical (unpaired) electrons. The van der Waals surface area contributed by atoms with Crippen molar-refractivity contribution in [2.75, 3.05) is 19.5 Å². The Balaban J connectivity index is 1.82. The van der Waals surface area contributed by atoms with Crippen LogP contribution in [0, 0.1) is 0 Å². The maximum Gasteiger partial charge on any atom is 0.145 e. The third-order valence-electron chi connectivity index (χ3n) is 2.84. The van der Waals surface area contributed by atoms with Gasteiger partial charge in [-0.2, -0.15) is 0 Å². The van der Waals surface area contributed by atoms with Gasteiger partial charge < -0.3 is 15.2 Å². The van der Waals surface area contributed by atoms with Crippen LogP contribution in [0.25, 0.3) is 0 Å². The Morgan fingerprint density at radius 2 is 1.95 bits per heavy atom. The van der Waals surface area contributed by atoms with Crippen LogP contribution in [-0.2, 0) is 6.42 Å². The number of aromatic nitrogens is 1. The first-order valence-electron chi connectivity index (χ1n) is 6.25. The maximum atomic E-state index is 5.85. The van der Waals surface area contributed by atoms with Gasteiger partial charge in [-0.15, -0.1) is 0 Å². The molecule has 0 spiro atoms. The van der Waals surface area contributed by atoms with Gasteiger partial charge in [0.15, 0.2) is 0 Å². The summed E-state index contributed by atoms with van der Waals surface area (Å²) in [4.78, 5) is 3.99. The lowest BCUT2D eigenvalue weighted by Gasteiger charge is -2.10. The van der Waals surface area contributed by atoms with Crippen molar-refractivity contribution in [3.05, 3.63) is 48.3 Å². The third kappa shape index (κ3) is 3.88. The summed E-state index contributed by atoms with van der Waals surface area (Å²) in [5, 5.41) is 0. The number of hydrogen-bond acceptors (Lipinski definition) is 4. The van der Waals surface area contributed by atoms with Crippen molar-refractivity contribution in [2.45, 2.75) is 12.8 Å². The topological polar surface area (TPSA) is 57.4 Å². The first kappa shape index (κ1) is 13.2. The number of hydrogen-bond donors (Lipinski definition) is 1. The van der Waals surface area contributed by atoms with Gasteiger partial charge in [-0.25, -0.2) is 0 Å². The minimum atomic E-state index is 0.625. The molecule has 0 aliphatic carbocycles. The van der Waals surface area contributed by atoms with Crippen molar-refractivity contribution in [1.82, 2.24) is 4.98 Å². The van der Waals surface area contributed by atoms with E-state index < -0.39 is 0 Å².